The molecule has 0 fully saturated rings. The number of para-hydroxylation sites is 1. The van der Waals surface area contributed by atoms with Crippen molar-refractivity contribution in [3.8, 4) is 11.5 Å². The number of ether oxygens (including phenoxy) is 2. The SMILES string of the molecule is O=C(CN(Cc1ccc(F)cc1)S(=O)(=O)c1ccc2c(c1)OCCO2)Nc1c(Cl)cccc1Cl. The van der Waals surface area contributed by atoms with Gasteiger partial charge in [0, 0.05) is 12.6 Å². The van der Waals surface area contributed by atoms with Crippen LogP contribution in [0.25, 0.3) is 0 Å². The van der Waals surface area contributed by atoms with Gasteiger partial charge in [0.25, 0.3) is 0 Å². The van der Waals surface area contributed by atoms with Crippen molar-refractivity contribution in [3.05, 3.63) is 82.1 Å². The van der Waals surface area contributed by atoms with Crippen molar-refractivity contribution in [3.63, 3.8) is 0 Å². The molecule has 0 spiro atoms. The van der Waals surface area contributed by atoms with Crippen LogP contribution in [0.5, 0.6) is 11.5 Å². The first-order chi connectivity index (χ1) is 16.2. The highest BCUT2D eigenvalue weighted by molar-refractivity contribution is 7.89. The summed E-state index contributed by atoms with van der Waals surface area (Å²) in [7, 11) is -4.17. The maximum atomic E-state index is 13.5. The molecule has 3 aromatic rings. The summed E-state index contributed by atoms with van der Waals surface area (Å²) in [6.45, 7) is -0.0756. The largest absolute Gasteiger partial charge is 0.486 e. The van der Waals surface area contributed by atoms with Crippen LogP contribution in [0.15, 0.2) is 65.6 Å². The van der Waals surface area contributed by atoms with E-state index in [4.69, 9.17) is 32.7 Å². The predicted octanol–water partition coefficient (Wildman–Crippen LogP) is 4.73. The number of rotatable bonds is 7. The highest BCUT2D eigenvalue weighted by atomic mass is 35.5. The summed E-state index contributed by atoms with van der Waals surface area (Å²) >= 11 is 12.2. The van der Waals surface area contributed by atoms with Gasteiger partial charge in [-0.3, -0.25) is 4.79 Å². The Hall–Kier alpha value is -2.85. The molecular formula is C23H19Cl2FN2O5S. The van der Waals surface area contributed by atoms with Crippen LogP contribution in [-0.4, -0.2) is 38.4 Å². The standard InChI is InChI=1S/C23H19Cl2FN2O5S/c24-18-2-1-3-19(25)23(18)27-22(29)14-28(13-15-4-6-16(26)7-5-15)34(30,31)17-8-9-20-21(12-17)33-11-10-32-20/h1-9,12H,10-11,13-14H2,(H,27,29). The topological polar surface area (TPSA) is 84.9 Å². The molecule has 0 unspecified atom stereocenters. The van der Waals surface area contributed by atoms with E-state index in [1.165, 1.54) is 42.5 Å². The minimum Gasteiger partial charge on any atom is -0.486 e. The van der Waals surface area contributed by atoms with Crippen molar-refractivity contribution in [2.45, 2.75) is 11.4 Å². The van der Waals surface area contributed by atoms with E-state index in [1.807, 2.05) is 0 Å². The third kappa shape index (κ3) is 5.44. The van der Waals surface area contributed by atoms with Gasteiger partial charge < -0.3 is 14.8 Å². The maximum absolute atomic E-state index is 13.5. The highest BCUT2D eigenvalue weighted by Gasteiger charge is 2.29. The molecule has 0 atom stereocenters. The molecule has 1 aliphatic rings. The van der Waals surface area contributed by atoms with Crippen molar-refractivity contribution < 1.29 is 27.1 Å². The average molecular weight is 525 g/mol. The monoisotopic (exact) mass is 524 g/mol. The fourth-order valence-corrected chi connectivity index (χ4v) is 5.20. The molecule has 0 radical (unpaired) electrons. The van der Waals surface area contributed by atoms with Gasteiger partial charge in [-0.25, -0.2) is 12.8 Å². The van der Waals surface area contributed by atoms with Crippen molar-refractivity contribution in [2.24, 2.45) is 0 Å². The van der Waals surface area contributed by atoms with E-state index in [9.17, 15) is 17.6 Å². The second-order valence-corrected chi connectivity index (χ2v) is 10.1. The van der Waals surface area contributed by atoms with Gasteiger partial charge in [-0.15, -0.1) is 0 Å². The molecule has 1 aliphatic heterocycles. The summed E-state index contributed by atoms with van der Waals surface area (Å²) in [5, 5.41) is 2.98. The lowest BCUT2D eigenvalue weighted by Gasteiger charge is -2.24. The molecule has 7 nitrogen and oxygen atoms in total. The number of nitrogens with zero attached hydrogens (tertiary/aromatic N) is 1. The van der Waals surface area contributed by atoms with Gasteiger partial charge in [0.05, 0.1) is 27.2 Å². The Kier molecular flexibility index (Phi) is 7.27. The van der Waals surface area contributed by atoms with Crippen LogP contribution in [0.2, 0.25) is 10.0 Å². The van der Waals surface area contributed by atoms with Gasteiger partial charge in [0.2, 0.25) is 15.9 Å². The third-order valence-corrected chi connectivity index (χ3v) is 7.39. The van der Waals surface area contributed by atoms with Gasteiger partial charge in [-0.05, 0) is 42.0 Å². The number of anilines is 1. The maximum Gasteiger partial charge on any atom is 0.243 e. The number of amides is 1. The number of hydrogen-bond acceptors (Lipinski definition) is 5. The molecular weight excluding hydrogens is 506 g/mol. The van der Waals surface area contributed by atoms with E-state index in [0.717, 1.165) is 4.31 Å². The van der Waals surface area contributed by atoms with E-state index in [2.05, 4.69) is 5.32 Å². The van der Waals surface area contributed by atoms with Gasteiger partial charge >= 0.3 is 0 Å². The number of hydrogen-bond donors (Lipinski definition) is 1. The number of nitrogens with one attached hydrogen (secondary N) is 1. The fraction of sp³-hybridized carbons (Fsp3) is 0.174. The zero-order valence-corrected chi connectivity index (χ0v) is 20.0. The van der Waals surface area contributed by atoms with Crippen LogP contribution >= 0.6 is 23.2 Å². The molecule has 34 heavy (non-hydrogen) atoms. The Bertz CT molecular complexity index is 1300. The van der Waals surface area contributed by atoms with E-state index < -0.39 is 28.3 Å². The molecule has 178 valence electrons. The third-order valence-electron chi connectivity index (χ3n) is 4.97. The molecule has 0 aromatic heterocycles. The normalized spacial score (nSPS) is 13.1. The van der Waals surface area contributed by atoms with Gasteiger partial charge in [-0.2, -0.15) is 4.31 Å². The fourth-order valence-electron chi connectivity index (χ4n) is 3.31. The van der Waals surface area contributed by atoms with Crippen LogP contribution in [-0.2, 0) is 21.4 Å². The summed E-state index contributed by atoms with van der Waals surface area (Å²) in [5.74, 6) is -0.392. The van der Waals surface area contributed by atoms with Crippen molar-refractivity contribution in [2.75, 3.05) is 25.1 Å². The summed E-state index contributed by atoms with van der Waals surface area (Å²) in [6.07, 6.45) is 0. The van der Waals surface area contributed by atoms with Crippen LogP contribution in [0, 0.1) is 5.82 Å². The first kappa shape index (κ1) is 24.3. The number of fused-ring (bicyclic) bond motifs is 1. The zero-order valence-electron chi connectivity index (χ0n) is 17.6. The minimum absolute atomic E-state index is 0.0811. The lowest BCUT2D eigenvalue weighted by molar-refractivity contribution is -0.116. The molecule has 0 aliphatic carbocycles. The summed E-state index contributed by atoms with van der Waals surface area (Å²) in [5.41, 5.74) is 0.667. The number of benzene rings is 3. The first-order valence-electron chi connectivity index (χ1n) is 10.1. The first-order valence-corrected chi connectivity index (χ1v) is 12.3. The van der Waals surface area contributed by atoms with Crippen LogP contribution in [0.1, 0.15) is 5.56 Å². The molecule has 0 saturated carbocycles. The number of halogens is 3. The lowest BCUT2D eigenvalue weighted by Crippen LogP contribution is -2.37. The zero-order chi connectivity index (χ0) is 24.3. The van der Waals surface area contributed by atoms with Gasteiger partial charge in [0.15, 0.2) is 11.5 Å². The Labute approximate surface area is 206 Å². The lowest BCUT2D eigenvalue weighted by atomic mass is 10.2. The van der Waals surface area contributed by atoms with E-state index in [-0.39, 0.29) is 33.8 Å². The Balaban J connectivity index is 1.64. The molecule has 3 aromatic carbocycles. The van der Waals surface area contributed by atoms with Crippen LogP contribution in [0.3, 0.4) is 0 Å². The number of sulfonamides is 1. The molecule has 1 amide bonds. The van der Waals surface area contributed by atoms with Crippen molar-refractivity contribution in [1.29, 1.82) is 0 Å². The number of carbonyl (C=O) groups is 1. The summed E-state index contributed by atoms with van der Waals surface area (Å²) < 4.78 is 52.4. The van der Waals surface area contributed by atoms with Crippen molar-refractivity contribution >= 4 is 44.8 Å². The van der Waals surface area contributed by atoms with E-state index in [0.29, 0.717) is 23.7 Å². The molecule has 1 heterocycles. The molecule has 11 heteroatoms. The van der Waals surface area contributed by atoms with Crippen LogP contribution in [0.4, 0.5) is 10.1 Å². The average Bonchev–Trinajstić information content (AvgIpc) is 2.82. The summed E-state index contributed by atoms with van der Waals surface area (Å²) in [4.78, 5) is 12.8. The molecule has 4 rings (SSSR count). The Morgan fingerprint density at radius 2 is 1.62 bits per heavy atom. The van der Waals surface area contributed by atoms with E-state index in [1.54, 1.807) is 18.2 Å². The highest BCUT2D eigenvalue weighted by Crippen LogP contribution is 2.34. The smallest absolute Gasteiger partial charge is 0.243 e. The number of carbonyl (C=O) groups excluding carboxylic acids is 1. The predicted molar refractivity (Wildman–Crippen MR) is 127 cm³/mol. The second-order valence-electron chi connectivity index (χ2n) is 7.35. The quantitative estimate of drug-likeness (QED) is 0.482. The van der Waals surface area contributed by atoms with E-state index >= 15 is 0 Å². The van der Waals surface area contributed by atoms with Crippen LogP contribution < -0.4 is 14.8 Å². The minimum atomic E-state index is -4.17. The second kappa shape index (κ2) is 10.2. The Morgan fingerprint density at radius 3 is 2.29 bits per heavy atom. The van der Waals surface area contributed by atoms with Crippen molar-refractivity contribution in [1.82, 2.24) is 4.31 Å². The molecule has 1 N–H and O–H groups in total. The summed E-state index contributed by atoms with van der Waals surface area (Å²) in [6, 6.07) is 14.3. The Morgan fingerprint density at radius 1 is 0.971 bits per heavy atom. The van der Waals surface area contributed by atoms with Gasteiger partial charge in [-0.1, -0.05) is 41.4 Å². The molecule has 0 bridgehead atoms. The molecule has 0 saturated heterocycles. The van der Waals surface area contributed by atoms with Gasteiger partial charge in [0.1, 0.15) is 19.0 Å².